The Labute approximate surface area is 130 Å². The number of nitrogens with zero attached hydrogens (tertiary/aromatic N) is 1. The molecule has 1 saturated heterocycles. The number of carbonyl (C=O) groups excluding carboxylic acids is 1. The molecular formula is C15H24N2O3S. The van der Waals surface area contributed by atoms with E-state index in [-0.39, 0.29) is 5.97 Å². The first-order valence-corrected chi connectivity index (χ1v) is 8.17. The summed E-state index contributed by atoms with van der Waals surface area (Å²) >= 11 is 1.37. The van der Waals surface area contributed by atoms with E-state index in [4.69, 9.17) is 15.2 Å². The zero-order chi connectivity index (χ0) is 15.6. The summed E-state index contributed by atoms with van der Waals surface area (Å²) in [6.07, 6.45) is 1.23. The van der Waals surface area contributed by atoms with Crippen LogP contribution in [0.3, 0.4) is 0 Å². The second-order valence-corrected chi connectivity index (χ2v) is 6.75. The molecule has 5 nitrogen and oxygen atoms in total. The molecule has 0 aliphatic carbocycles. The van der Waals surface area contributed by atoms with E-state index in [0.717, 1.165) is 18.1 Å². The molecule has 21 heavy (non-hydrogen) atoms. The number of esters is 1. The number of hydrogen-bond acceptors (Lipinski definition) is 6. The molecule has 0 amide bonds. The molecule has 1 fully saturated rings. The number of nitrogen functional groups attached to an aromatic ring is 1. The quantitative estimate of drug-likeness (QED) is 0.866. The third kappa shape index (κ3) is 3.26. The minimum atomic E-state index is -0.373. The standard InChI is InChI=1S/C15H24N2O3S/c1-5-20-15(18)13-11(16)12(19-4)14(21-13)17-7-9(2)6-10(3)8-17/h9-10H,5-8,16H2,1-4H3. The average molecular weight is 312 g/mol. The number of rotatable bonds is 4. The van der Waals surface area contributed by atoms with Crippen LogP contribution in [0, 0.1) is 11.8 Å². The van der Waals surface area contributed by atoms with Gasteiger partial charge in [0.2, 0.25) is 0 Å². The molecule has 0 bridgehead atoms. The molecule has 6 heteroatoms. The summed E-state index contributed by atoms with van der Waals surface area (Å²) in [5.41, 5.74) is 6.47. The molecule has 1 aliphatic heterocycles. The van der Waals surface area contributed by atoms with Crippen molar-refractivity contribution in [3.63, 3.8) is 0 Å². The SMILES string of the molecule is CCOC(=O)c1sc(N2CC(C)CC(C)C2)c(OC)c1N. The van der Waals surface area contributed by atoms with Gasteiger partial charge in [-0.25, -0.2) is 4.79 Å². The predicted octanol–water partition coefficient (Wildman–Crippen LogP) is 3.00. The lowest BCUT2D eigenvalue weighted by atomic mass is 9.92. The molecule has 0 spiro atoms. The average Bonchev–Trinajstić information content (AvgIpc) is 2.75. The maximum atomic E-state index is 12.0. The van der Waals surface area contributed by atoms with Gasteiger partial charge in [0, 0.05) is 13.1 Å². The molecule has 1 aromatic rings. The number of methoxy groups -OCH3 is 1. The van der Waals surface area contributed by atoms with E-state index in [0.29, 0.717) is 34.8 Å². The zero-order valence-corrected chi connectivity index (χ0v) is 14.0. The highest BCUT2D eigenvalue weighted by Crippen LogP contribution is 2.46. The van der Waals surface area contributed by atoms with Gasteiger partial charge in [0.1, 0.15) is 15.6 Å². The fraction of sp³-hybridized carbons (Fsp3) is 0.667. The summed E-state index contributed by atoms with van der Waals surface area (Å²) in [7, 11) is 1.59. The van der Waals surface area contributed by atoms with Gasteiger partial charge in [-0.15, -0.1) is 11.3 Å². The van der Waals surface area contributed by atoms with Crippen LogP contribution in [0.4, 0.5) is 10.7 Å². The maximum Gasteiger partial charge on any atom is 0.350 e. The number of piperidine rings is 1. The van der Waals surface area contributed by atoms with Crippen molar-refractivity contribution in [2.45, 2.75) is 27.2 Å². The minimum absolute atomic E-state index is 0.339. The van der Waals surface area contributed by atoms with E-state index in [1.807, 2.05) is 0 Å². The summed E-state index contributed by atoms with van der Waals surface area (Å²) < 4.78 is 10.5. The monoisotopic (exact) mass is 312 g/mol. The third-order valence-electron chi connectivity index (χ3n) is 3.70. The van der Waals surface area contributed by atoms with Crippen LogP contribution in [0.5, 0.6) is 5.75 Å². The van der Waals surface area contributed by atoms with Crippen LogP contribution in [-0.4, -0.2) is 32.8 Å². The second-order valence-electron chi connectivity index (χ2n) is 5.75. The molecule has 1 aliphatic rings. The fourth-order valence-corrected chi connectivity index (χ4v) is 4.10. The van der Waals surface area contributed by atoms with Crippen molar-refractivity contribution in [2.75, 3.05) is 37.4 Å². The Hall–Kier alpha value is -1.43. The lowest BCUT2D eigenvalue weighted by Gasteiger charge is -2.35. The number of nitrogens with two attached hydrogens (primary N) is 1. The van der Waals surface area contributed by atoms with Crippen LogP contribution in [0.25, 0.3) is 0 Å². The molecular weight excluding hydrogens is 288 g/mol. The van der Waals surface area contributed by atoms with Crippen molar-refractivity contribution in [1.82, 2.24) is 0 Å². The van der Waals surface area contributed by atoms with Gasteiger partial charge in [0.25, 0.3) is 0 Å². The lowest BCUT2D eigenvalue weighted by molar-refractivity contribution is 0.0533. The Morgan fingerprint density at radius 2 is 2.00 bits per heavy atom. The normalized spacial score (nSPS) is 22.2. The predicted molar refractivity (Wildman–Crippen MR) is 86.4 cm³/mol. The zero-order valence-electron chi connectivity index (χ0n) is 13.1. The van der Waals surface area contributed by atoms with Gasteiger partial charge in [-0.1, -0.05) is 13.8 Å². The first kappa shape index (κ1) is 15.9. The largest absolute Gasteiger partial charge is 0.492 e. The van der Waals surface area contributed by atoms with E-state index in [1.54, 1.807) is 14.0 Å². The maximum absolute atomic E-state index is 12.0. The van der Waals surface area contributed by atoms with Gasteiger partial charge in [0.15, 0.2) is 5.75 Å². The molecule has 0 saturated carbocycles. The van der Waals surface area contributed by atoms with Crippen molar-refractivity contribution in [3.05, 3.63) is 4.88 Å². The van der Waals surface area contributed by atoms with Crippen LogP contribution >= 0.6 is 11.3 Å². The fourth-order valence-electron chi connectivity index (χ4n) is 3.00. The second kappa shape index (κ2) is 6.56. The lowest BCUT2D eigenvalue weighted by Crippen LogP contribution is -2.38. The number of carbonyl (C=O) groups is 1. The highest BCUT2D eigenvalue weighted by Gasteiger charge is 2.30. The Kier molecular flexibility index (Phi) is 4.98. The van der Waals surface area contributed by atoms with E-state index in [2.05, 4.69) is 18.7 Å². The number of anilines is 2. The summed E-state index contributed by atoms with van der Waals surface area (Å²) in [5, 5.41) is 0.941. The minimum Gasteiger partial charge on any atom is -0.492 e. The molecule has 1 aromatic heterocycles. The molecule has 0 radical (unpaired) electrons. The smallest absolute Gasteiger partial charge is 0.350 e. The summed E-state index contributed by atoms with van der Waals surface area (Å²) in [5.74, 6) is 1.47. The third-order valence-corrected chi connectivity index (χ3v) is 4.93. The number of ether oxygens (including phenoxy) is 2. The van der Waals surface area contributed by atoms with Crippen molar-refractivity contribution < 1.29 is 14.3 Å². The van der Waals surface area contributed by atoms with Gasteiger partial charge in [-0.2, -0.15) is 0 Å². The van der Waals surface area contributed by atoms with Crippen LogP contribution in [0.1, 0.15) is 36.9 Å². The molecule has 2 unspecified atom stereocenters. The summed E-state index contributed by atoms with van der Waals surface area (Å²) in [4.78, 5) is 14.7. The Morgan fingerprint density at radius 1 is 1.38 bits per heavy atom. The highest BCUT2D eigenvalue weighted by atomic mass is 32.1. The highest BCUT2D eigenvalue weighted by molar-refractivity contribution is 7.19. The molecule has 2 N–H and O–H groups in total. The van der Waals surface area contributed by atoms with Crippen molar-refractivity contribution in [3.8, 4) is 5.75 Å². The van der Waals surface area contributed by atoms with Crippen LogP contribution in [-0.2, 0) is 4.74 Å². The van der Waals surface area contributed by atoms with E-state index in [1.165, 1.54) is 17.8 Å². The van der Waals surface area contributed by atoms with Crippen LogP contribution < -0.4 is 15.4 Å². The Balaban J connectivity index is 2.34. The van der Waals surface area contributed by atoms with E-state index >= 15 is 0 Å². The van der Waals surface area contributed by atoms with Gasteiger partial charge in [-0.3, -0.25) is 0 Å². The van der Waals surface area contributed by atoms with Crippen LogP contribution in [0.2, 0.25) is 0 Å². The topological polar surface area (TPSA) is 64.8 Å². The molecule has 118 valence electrons. The van der Waals surface area contributed by atoms with Crippen molar-refractivity contribution >= 4 is 28.0 Å². The van der Waals surface area contributed by atoms with Gasteiger partial charge < -0.3 is 20.1 Å². The summed E-state index contributed by atoms with van der Waals surface area (Å²) in [6, 6.07) is 0. The molecule has 2 heterocycles. The van der Waals surface area contributed by atoms with E-state index in [9.17, 15) is 4.79 Å². The first-order chi connectivity index (χ1) is 9.97. The molecule has 0 aromatic carbocycles. The van der Waals surface area contributed by atoms with Crippen molar-refractivity contribution in [2.24, 2.45) is 11.8 Å². The van der Waals surface area contributed by atoms with E-state index < -0.39 is 0 Å². The Bertz CT molecular complexity index is 505. The van der Waals surface area contributed by atoms with Gasteiger partial charge in [0.05, 0.1) is 13.7 Å². The number of thiophene rings is 1. The van der Waals surface area contributed by atoms with Crippen molar-refractivity contribution in [1.29, 1.82) is 0 Å². The van der Waals surface area contributed by atoms with Crippen LogP contribution in [0.15, 0.2) is 0 Å². The van der Waals surface area contributed by atoms with Gasteiger partial charge >= 0.3 is 5.97 Å². The van der Waals surface area contributed by atoms with Gasteiger partial charge in [-0.05, 0) is 25.2 Å². The molecule has 2 rings (SSSR count). The number of hydrogen-bond donors (Lipinski definition) is 1. The summed E-state index contributed by atoms with van der Waals surface area (Å²) in [6.45, 7) is 8.54. The first-order valence-electron chi connectivity index (χ1n) is 7.36. The molecule has 2 atom stereocenters. The Morgan fingerprint density at radius 3 is 2.52 bits per heavy atom.